The molecule has 0 saturated carbocycles. The molecule has 0 aliphatic carbocycles. The summed E-state index contributed by atoms with van der Waals surface area (Å²) in [4.78, 5) is 25.3. The number of rotatable bonds is 4. The van der Waals surface area contributed by atoms with Gasteiger partial charge in [-0.15, -0.1) is 0 Å². The third-order valence-electron chi connectivity index (χ3n) is 3.30. The number of ether oxygens (including phenoxy) is 1. The first-order valence-electron chi connectivity index (χ1n) is 5.91. The third-order valence-corrected chi connectivity index (χ3v) is 3.30. The molecule has 2 N–H and O–H groups in total. The standard InChI is InChI=1S/C11H18N2O3/c1-2-3-7(6-12)13-10(14)8-4-5-9(16-8)11(13)15/h7-9H,2-6,12H2,1H3. The van der Waals surface area contributed by atoms with Gasteiger partial charge in [0, 0.05) is 6.54 Å². The lowest BCUT2D eigenvalue weighted by atomic mass is 10.1. The van der Waals surface area contributed by atoms with Gasteiger partial charge in [-0.05, 0) is 19.3 Å². The molecular formula is C11H18N2O3. The average molecular weight is 226 g/mol. The molecule has 0 radical (unpaired) electrons. The number of carbonyl (C=O) groups excluding carboxylic acids is 2. The second-order valence-corrected chi connectivity index (χ2v) is 4.42. The molecule has 2 aliphatic rings. The van der Waals surface area contributed by atoms with E-state index in [1.807, 2.05) is 6.92 Å². The molecule has 2 saturated heterocycles. The lowest BCUT2D eigenvalue weighted by Gasteiger charge is -2.35. The molecule has 0 aromatic carbocycles. The fraction of sp³-hybridized carbons (Fsp3) is 0.818. The van der Waals surface area contributed by atoms with Gasteiger partial charge in [-0.3, -0.25) is 14.5 Å². The van der Waals surface area contributed by atoms with Gasteiger partial charge in [0.2, 0.25) is 0 Å². The largest absolute Gasteiger partial charge is 0.355 e. The quantitative estimate of drug-likeness (QED) is 0.686. The number of amides is 2. The summed E-state index contributed by atoms with van der Waals surface area (Å²) in [5.74, 6) is -0.384. The first kappa shape index (κ1) is 11.5. The van der Waals surface area contributed by atoms with Crippen molar-refractivity contribution in [1.82, 2.24) is 4.90 Å². The van der Waals surface area contributed by atoms with Gasteiger partial charge in [-0.1, -0.05) is 13.3 Å². The summed E-state index contributed by atoms with van der Waals surface area (Å²) >= 11 is 0. The van der Waals surface area contributed by atoms with Crippen LogP contribution in [0.3, 0.4) is 0 Å². The minimum absolute atomic E-state index is 0.156. The number of fused-ring (bicyclic) bond motifs is 2. The number of nitrogens with zero attached hydrogens (tertiary/aromatic N) is 1. The van der Waals surface area contributed by atoms with Crippen molar-refractivity contribution < 1.29 is 14.3 Å². The number of likely N-dealkylation sites (tertiary alicyclic amines) is 1. The van der Waals surface area contributed by atoms with E-state index in [4.69, 9.17) is 10.5 Å². The van der Waals surface area contributed by atoms with Crippen molar-refractivity contribution >= 4 is 11.8 Å². The van der Waals surface area contributed by atoms with Crippen molar-refractivity contribution in [2.24, 2.45) is 5.73 Å². The number of hydrogen-bond donors (Lipinski definition) is 1. The molecule has 0 spiro atoms. The molecule has 0 aromatic rings. The Morgan fingerprint density at radius 2 is 1.94 bits per heavy atom. The number of hydrogen-bond acceptors (Lipinski definition) is 4. The summed E-state index contributed by atoms with van der Waals surface area (Å²) in [6.45, 7) is 2.36. The Kier molecular flexibility index (Phi) is 3.25. The molecule has 2 heterocycles. The van der Waals surface area contributed by atoms with Gasteiger partial charge in [0.1, 0.15) is 12.2 Å². The average Bonchev–Trinajstić information content (AvgIpc) is 2.72. The number of morpholine rings is 1. The maximum Gasteiger partial charge on any atom is 0.258 e. The summed E-state index contributed by atoms with van der Waals surface area (Å²) < 4.78 is 5.34. The molecular weight excluding hydrogens is 208 g/mol. The third kappa shape index (κ3) is 1.74. The van der Waals surface area contributed by atoms with Gasteiger partial charge in [0.25, 0.3) is 11.8 Å². The van der Waals surface area contributed by atoms with Crippen LogP contribution in [0.4, 0.5) is 0 Å². The predicted molar refractivity (Wildman–Crippen MR) is 57.5 cm³/mol. The molecule has 2 rings (SSSR count). The van der Waals surface area contributed by atoms with Crippen LogP contribution in [0.25, 0.3) is 0 Å². The Labute approximate surface area is 94.9 Å². The van der Waals surface area contributed by atoms with Crippen molar-refractivity contribution in [2.75, 3.05) is 6.54 Å². The minimum Gasteiger partial charge on any atom is -0.355 e. The molecule has 5 nitrogen and oxygen atoms in total. The Bertz CT molecular complexity index is 284. The van der Waals surface area contributed by atoms with Crippen LogP contribution < -0.4 is 5.73 Å². The van der Waals surface area contributed by atoms with Crippen LogP contribution in [0.1, 0.15) is 32.6 Å². The normalized spacial score (nSPS) is 31.0. The van der Waals surface area contributed by atoms with Crippen molar-refractivity contribution in [3.05, 3.63) is 0 Å². The summed E-state index contributed by atoms with van der Waals surface area (Å²) in [7, 11) is 0. The SMILES string of the molecule is CCCC(CN)N1C(=O)C2CCC(O2)C1=O. The highest BCUT2D eigenvalue weighted by molar-refractivity contribution is 6.02. The molecule has 2 fully saturated rings. The van der Waals surface area contributed by atoms with Crippen molar-refractivity contribution in [3.63, 3.8) is 0 Å². The van der Waals surface area contributed by atoms with Crippen LogP contribution in [-0.2, 0) is 14.3 Å². The lowest BCUT2D eigenvalue weighted by molar-refractivity contribution is -0.171. The van der Waals surface area contributed by atoms with Crippen molar-refractivity contribution in [2.45, 2.75) is 50.9 Å². The zero-order valence-electron chi connectivity index (χ0n) is 9.52. The summed E-state index contributed by atoms with van der Waals surface area (Å²) in [5, 5.41) is 0. The predicted octanol–water partition coefficient (Wildman–Crippen LogP) is 0.0302. The van der Waals surface area contributed by atoms with Gasteiger partial charge in [-0.25, -0.2) is 0 Å². The molecule has 2 bridgehead atoms. The van der Waals surface area contributed by atoms with E-state index in [0.29, 0.717) is 19.4 Å². The monoisotopic (exact) mass is 226 g/mol. The highest BCUT2D eigenvalue weighted by Gasteiger charge is 2.48. The Hall–Kier alpha value is -0.940. The molecule has 3 atom stereocenters. The van der Waals surface area contributed by atoms with Crippen LogP contribution in [-0.4, -0.2) is 41.5 Å². The Balaban J connectivity index is 2.18. The van der Waals surface area contributed by atoms with Crippen molar-refractivity contribution in [1.29, 1.82) is 0 Å². The minimum atomic E-state index is -0.409. The topological polar surface area (TPSA) is 72.6 Å². The molecule has 2 amide bonds. The van der Waals surface area contributed by atoms with Crippen molar-refractivity contribution in [3.8, 4) is 0 Å². The fourth-order valence-electron chi connectivity index (χ4n) is 2.46. The summed E-state index contributed by atoms with van der Waals surface area (Å²) in [5.41, 5.74) is 5.64. The number of imide groups is 1. The molecule has 5 heteroatoms. The molecule has 16 heavy (non-hydrogen) atoms. The highest BCUT2D eigenvalue weighted by atomic mass is 16.5. The van der Waals surface area contributed by atoms with E-state index in [2.05, 4.69) is 0 Å². The van der Waals surface area contributed by atoms with E-state index >= 15 is 0 Å². The van der Waals surface area contributed by atoms with E-state index < -0.39 is 12.2 Å². The van der Waals surface area contributed by atoms with E-state index in [-0.39, 0.29) is 17.9 Å². The van der Waals surface area contributed by atoms with E-state index in [1.54, 1.807) is 0 Å². The van der Waals surface area contributed by atoms with Gasteiger partial charge in [0.15, 0.2) is 0 Å². The highest BCUT2D eigenvalue weighted by Crippen LogP contribution is 2.30. The maximum absolute atomic E-state index is 12.0. The van der Waals surface area contributed by atoms with E-state index in [9.17, 15) is 9.59 Å². The van der Waals surface area contributed by atoms with Gasteiger partial charge in [-0.2, -0.15) is 0 Å². The fourth-order valence-corrected chi connectivity index (χ4v) is 2.46. The van der Waals surface area contributed by atoms with Gasteiger partial charge < -0.3 is 10.5 Å². The van der Waals surface area contributed by atoms with Crippen LogP contribution in [0, 0.1) is 0 Å². The lowest BCUT2D eigenvalue weighted by Crippen LogP contribution is -2.57. The van der Waals surface area contributed by atoms with Gasteiger partial charge in [0.05, 0.1) is 6.04 Å². The summed E-state index contributed by atoms with van der Waals surface area (Å²) in [6, 6.07) is -0.156. The second-order valence-electron chi connectivity index (χ2n) is 4.42. The van der Waals surface area contributed by atoms with E-state index in [1.165, 1.54) is 4.90 Å². The first-order valence-corrected chi connectivity index (χ1v) is 5.91. The van der Waals surface area contributed by atoms with Crippen LogP contribution in [0.15, 0.2) is 0 Å². The number of carbonyl (C=O) groups is 2. The molecule has 2 aliphatic heterocycles. The van der Waals surface area contributed by atoms with Crippen LogP contribution >= 0.6 is 0 Å². The molecule has 3 unspecified atom stereocenters. The Morgan fingerprint density at radius 1 is 1.38 bits per heavy atom. The zero-order valence-corrected chi connectivity index (χ0v) is 9.52. The molecule has 90 valence electrons. The smallest absolute Gasteiger partial charge is 0.258 e. The molecule has 0 aromatic heterocycles. The van der Waals surface area contributed by atoms with Crippen LogP contribution in [0.2, 0.25) is 0 Å². The summed E-state index contributed by atoms with van der Waals surface area (Å²) in [6.07, 6.45) is 2.19. The zero-order chi connectivity index (χ0) is 11.7. The number of nitrogens with two attached hydrogens (primary N) is 1. The first-order chi connectivity index (χ1) is 7.69. The van der Waals surface area contributed by atoms with E-state index in [0.717, 1.165) is 12.8 Å². The van der Waals surface area contributed by atoms with Gasteiger partial charge >= 0.3 is 0 Å². The second kappa shape index (κ2) is 4.51. The van der Waals surface area contributed by atoms with Crippen LogP contribution in [0.5, 0.6) is 0 Å². The maximum atomic E-state index is 12.0. The Morgan fingerprint density at radius 3 is 2.38 bits per heavy atom.